The smallest absolute Gasteiger partial charge is 0.339 e. The lowest BCUT2D eigenvalue weighted by Gasteiger charge is -2.04. The van der Waals surface area contributed by atoms with Crippen molar-refractivity contribution in [3.8, 4) is 0 Å². The second-order valence-electron chi connectivity index (χ2n) is 2.81. The van der Waals surface area contributed by atoms with E-state index < -0.39 is 0 Å². The standard InChI is InChI=1S/C10H13NO2.C2H6/c1-4-13-10(12)9-6-5-7(2)11-8(9)3;1-2/h5-6H,4H2,1-3H3;1-2H3. The molecule has 1 aromatic heterocycles. The third-order valence-corrected chi connectivity index (χ3v) is 1.72. The minimum absolute atomic E-state index is 0.299. The van der Waals surface area contributed by atoms with Crippen LogP contribution in [0.1, 0.15) is 42.5 Å². The van der Waals surface area contributed by atoms with Crippen molar-refractivity contribution in [2.75, 3.05) is 6.61 Å². The molecular weight excluding hydrogens is 190 g/mol. The second-order valence-corrected chi connectivity index (χ2v) is 2.81. The fraction of sp³-hybridized carbons (Fsp3) is 0.500. The molecule has 0 N–H and O–H groups in total. The number of carbonyl (C=O) groups is 1. The summed E-state index contributed by atoms with van der Waals surface area (Å²) in [5.41, 5.74) is 2.18. The van der Waals surface area contributed by atoms with Gasteiger partial charge >= 0.3 is 5.97 Å². The molecule has 0 aliphatic carbocycles. The van der Waals surface area contributed by atoms with E-state index in [0.717, 1.165) is 11.4 Å². The van der Waals surface area contributed by atoms with E-state index >= 15 is 0 Å². The van der Waals surface area contributed by atoms with Gasteiger partial charge in [-0.3, -0.25) is 4.98 Å². The van der Waals surface area contributed by atoms with Crippen molar-refractivity contribution in [3.05, 3.63) is 29.1 Å². The normalized spacial score (nSPS) is 8.87. The molecule has 0 atom stereocenters. The van der Waals surface area contributed by atoms with Crippen LogP contribution in [0.5, 0.6) is 0 Å². The van der Waals surface area contributed by atoms with Crippen molar-refractivity contribution in [3.63, 3.8) is 0 Å². The van der Waals surface area contributed by atoms with Crippen molar-refractivity contribution in [1.82, 2.24) is 4.98 Å². The molecule has 1 aromatic rings. The zero-order valence-corrected chi connectivity index (χ0v) is 10.1. The Hall–Kier alpha value is -1.38. The molecule has 1 rings (SSSR count). The number of pyridine rings is 1. The van der Waals surface area contributed by atoms with Crippen LogP contribution >= 0.6 is 0 Å². The molecule has 0 aliphatic rings. The van der Waals surface area contributed by atoms with E-state index in [-0.39, 0.29) is 5.97 Å². The van der Waals surface area contributed by atoms with Gasteiger partial charge in [0.1, 0.15) is 0 Å². The van der Waals surface area contributed by atoms with Gasteiger partial charge < -0.3 is 4.74 Å². The van der Waals surface area contributed by atoms with Crippen LogP contribution in [0.15, 0.2) is 12.1 Å². The molecule has 1 heterocycles. The van der Waals surface area contributed by atoms with Crippen LogP contribution in [0.4, 0.5) is 0 Å². The molecule has 84 valence electrons. The molecule has 0 aliphatic heterocycles. The van der Waals surface area contributed by atoms with Gasteiger partial charge in [-0.1, -0.05) is 13.8 Å². The van der Waals surface area contributed by atoms with Crippen LogP contribution in [-0.4, -0.2) is 17.6 Å². The number of esters is 1. The summed E-state index contributed by atoms with van der Waals surface area (Å²) in [5.74, 6) is -0.299. The Kier molecular flexibility index (Phi) is 6.34. The van der Waals surface area contributed by atoms with Crippen molar-refractivity contribution < 1.29 is 9.53 Å². The first-order valence-electron chi connectivity index (χ1n) is 5.26. The number of hydrogen-bond donors (Lipinski definition) is 0. The van der Waals surface area contributed by atoms with E-state index in [0.29, 0.717) is 12.2 Å². The molecule has 0 unspecified atom stereocenters. The second kappa shape index (κ2) is 6.98. The van der Waals surface area contributed by atoms with E-state index in [9.17, 15) is 4.79 Å². The molecule has 15 heavy (non-hydrogen) atoms. The number of carbonyl (C=O) groups excluding carboxylic acids is 1. The zero-order chi connectivity index (χ0) is 11.8. The number of nitrogens with zero attached hydrogens (tertiary/aromatic N) is 1. The molecule has 0 fully saturated rings. The van der Waals surface area contributed by atoms with Crippen molar-refractivity contribution >= 4 is 5.97 Å². The van der Waals surface area contributed by atoms with Crippen molar-refractivity contribution in [2.45, 2.75) is 34.6 Å². The van der Waals surface area contributed by atoms with E-state index in [4.69, 9.17) is 4.74 Å². The van der Waals surface area contributed by atoms with Crippen LogP contribution in [0.25, 0.3) is 0 Å². The third kappa shape index (κ3) is 4.11. The molecular formula is C12H19NO2. The van der Waals surface area contributed by atoms with Crippen LogP contribution in [0.3, 0.4) is 0 Å². The van der Waals surface area contributed by atoms with E-state index in [1.165, 1.54) is 0 Å². The average molecular weight is 209 g/mol. The molecule has 0 amide bonds. The van der Waals surface area contributed by atoms with Gasteiger partial charge in [-0.25, -0.2) is 4.79 Å². The fourth-order valence-electron chi connectivity index (χ4n) is 1.11. The Morgan fingerprint density at radius 1 is 1.33 bits per heavy atom. The first-order chi connectivity index (χ1) is 7.15. The number of aryl methyl sites for hydroxylation is 2. The Morgan fingerprint density at radius 3 is 2.40 bits per heavy atom. The van der Waals surface area contributed by atoms with E-state index in [1.807, 2.05) is 20.8 Å². The summed E-state index contributed by atoms with van der Waals surface area (Å²) < 4.78 is 4.87. The van der Waals surface area contributed by atoms with Gasteiger partial charge in [0.2, 0.25) is 0 Å². The van der Waals surface area contributed by atoms with Gasteiger partial charge in [-0.2, -0.15) is 0 Å². The van der Waals surface area contributed by atoms with Gasteiger partial charge in [-0.15, -0.1) is 0 Å². The fourth-order valence-corrected chi connectivity index (χ4v) is 1.11. The Bertz CT molecular complexity index is 321. The Balaban J connectivity index is 0.000000921. The number of ether oxygens (including phenoxy) is 1. The van der Waals surface area contributed by atoms with E-state index in [1.54, 1.807) is 26.0 Å². The zero-order valence-electron chi connectivity index (χ0n) is 10.1. The van der Waals surface area contributed by atoms with Crippen molar-refractivity contribution in [1.29, 1.82) is 0 Å². The maximum absolute atomic E-state index is 11.3. The highest BCUT2D eigenvalue weighted by Crippen LogP contribution is 2.07. The molecule has 0 radical (unpaired) electrons. The number of aromatic nitrogens is 1. The predicted molar refractivity (Wildman–Crippen MR) is 61.0 cm³/mol. The first-order valence-corrected chi connectivity index (χ1v) is 5.26. The SMILES string of the molecule is CC.CCOC(=O)c1ccc(C)nc1C. The lowest BCUT2D eigenvalue weighted by atomic mass is 10.2. The predicted octanol–water partition coefficient (Wildman–Crippen LogP) is 2.90. The Labute approximate surface area is 91.5 Å². The quantitative estimate of drug-likeness (QED) is 0.703. The summed E-state index contributed by atoms with van der Waals surface area (Å²) in [4.78, 5) is 15.5. The molecule has 3 heteroatoms. The number of hydrogen-bond acceptors (Lipinski definition) is 3. The van der Waals surface area contributed by atoms with Gasteiger partial charge in [0.25, 0.3) is 0 Å². The maximum Gasteiger partial charge on any atom is 0.339 e. The molecule has 0 saturated carbocycles. The monoisotopic (exact) mass is 209 g/mol. The number of rotatable bonds is 2. The van der Waals surface area contributed by atoms with Crippen LogP contribution in [-0.2, 0) is 4.74 Å². The Morgan fingerprint density at radius 2 is 1.93 bits per heavy atom. The van der Waals surface area contributed by atoms with Crippen LogP contribution in [0.2, 0.25) is 0 Å². The first kappa shape index (κ1) is 13.6. The highest BCUT2D eigenvalue weighted by molar-refractivity contribution is 5.90. The lowest BCUT2D eigenvalue weighted by molar-refractivity contribution is 0.0525. The van der Waals surface area contributed by atoms with Gasteiger partial charge in [0.05, 0.1) is 17.9 Å². The van der Waals surface area contributed by atoms with Gasteiger partial charge in [0.15, 0.2) is 0 Å². The third-order valence-electron chi connectivity index (χ3n) is 1.72. The summed E-state index contributed by atoms with van der Waals surface area (Å²) in [6.45, 7) is 9.88. The molecule has 0 spiro atoms. The molecule has 3 nitrogen and oxygen atoms in total. The molecule has 0 aromatic carbocycles. The van der Waals surface area contributed by atoms with Crippen molar-refractivity contribution in [2.24, 2.45) is 0 Å². The summed E-state index contributed by atoms with van der Waals surface area (Å²) in [6, 6.07) is 3.55. The minimum atomic E-state index is -0.299. The maximum atomic E-state index is 11.3. The largest absolute Gasteiger partial charge is 0.462 e. The summed E-state index contributed by atoms with van der Waals surface area (Å²) in [7, 11) is 0. The minimum Gasteiger partial charge on any atom is -0.462 e. The van der Waals surface area contributed by atoms with E-state index in [2.05, 4.69) is 4.98 Å². The highest BCUT2D eigenvalue weighted by Gasteiger charge is 2.09. The van der Waals surface area contributed by atoms with Crippen LogP contribution < -0.4 is 0 Å². The lowest BCUT2D eigenvalue weighted by Crippen LogP contribution is -2.07. The highest BCUT2D eigenvalue weighted by atomic mass is 16.5. The summed E-state index contributed by atoms with van der Waals surface area (Å²) >= 11 is 0. The van der Waals surface area contributed by atoms with Crippen LogP contribution in [0, 0.1) is 13.8 Å². The summed E-state index contributed by atoms with van der Waals surface area (Å²) in [5, 5.41) is 0. The van der Waals surface area contributed by atoms with Gasteiger partial charge in [0, 0.05) is 5.69 Å². The summed E-state index contributed by atoms with van der Waals surface area (Å²) in [6.07, 6.45) is 0. The average Bonchev–Trinajstić information content (AvgIpc) is 2.21. The van der Waals surface area contributed by atoms with Gasteiger partial charge in [-0.05, 0) is 32.9 Å². The molecule has 0 bridgehead atoms. The topological polar surface area (TPSA) is 39.2 Å². The molecule has 0 saturated heterocycles.